The maximum Gasteiger partial charge on any atom is 0.188 e. The van der Waals surface area contributed by atoms with Crippen LogP contribution < -0.4 is 11.1 Å². The third-order valence-electron chi connectivity index (χ3n) is 3.25. The topological polar surface area (TPSA) is 50.4 Å². The van der Waals surface area contributed by atoms with E-state index in [2.05, 4.69) is 17.2 Å². The lowest BCUT2D eigenvalue weighted by atomic mass is 10.0. The van der Waals surface area contributed by atoms with Gasteiger partial charge < -0.3 is 11.1 Å². The van der Waals surface area contributed by atoms with Crippen LogP contribution in [0.4, 0.5) is 0 Å². The van der Waals surface area contributed by atoms with Gasteiger partial charge in [-0.15, -0.1) is 0 Å². The van der Waals surface area contributed by atoms with Gasteiger partial charge in [-0.05, 0) is 37.5 Å². The van der Waals surface area contributed by atoms with Gasteiger partial charge in [0.15, 0.2) is 5.96 Å². The quantitative estimate of drug-likeness (QED) is 0.517. The van der Waals surface area contributed by atoms with Gasteiger partial charge in [0.25, 0.3) is 0 Å². The van der Waals surface area contributed by atoms with Crippen LogP contribution in [0, 0.1) is 5.41 Å². The van der Waals surface area contributed by atoms with Crippen molar-refractivity contribution in [2.45, 2.75) is 51.5 Å². The molecule has 0 bridgehead atoms. The predicted octanol–water partition coefficient (Wildman–Crippen LogP) is 1.63. The minimum absolute atomic E-state index is 0.532. The van der Waals surface area contributed by atoms with Crippen LogP contribution in [0.25, 0.3) is 0 Å². The zero-order chi connectivity index (χ0) is 10.0. The fraction of sp³-hybridized carbons (Fsp3) is 0.909. The van der Waals surface area contributed by atoms with Gasteiger partial charge in [0.1, 0.15) is 0 Å². The highest BCUT2D eigenvalue weighted by atomic mass is 15.1. The summed E-state index contributed by atoms with van der Waals surface area (Å²) in [5.41, 5.74) is 6.32. The lowest BCUT2D eigenvalue weighted by Gasteiger charge is -2.11. The fourth-order valence-corrected chi connectivity index (χ4v) is 1.93. The molecule has 80 valence electrons. The summed E-state index contributed by atoms with van der Waals surface area (Å²) in [4.78, 5) is 4.44. The van der Waals surface area contributed by atoms with Gasteiger partial charge in [-0.2, -0.15) is 0 Å². The number of nitrogens with one attached hydrogen (secondary N) is 1. The molecular weight excluding hydrogens is 174 g/mol. The van der Waals surface area contributed by atoms with Crippen LogP contribution in [0.1, 0.15) is 45.4 Å². The second-order valence-electron chi connectivity index (χ2n) is 4.87. The van der Waals surface area contributed by atoms with Crippen LogP contribution in [0.5, 0.6) is 0 Å². The molecule has 0 unspecified atom stereocenters. The van der Waals surface area contributed by atoms with E-state index in [1.165, 1.54) is 38.5 Å². The SMILES string of the molecule is CCCC1(CN=C(N)NC2CC2)CC1. The summed E-state index contributed by atoms with van der Waals surface area (Å²) >= 11 is 0. The van der Waals surface area contributed by atoms with Crippen LogP contribution in [-0.2, 0) is 0 Å². The molecule has 0 amide bonds. The lowest BCUT2D eigenvalue weighted by molar-refractivity contribution is 0.472. The number of nitrogens with two attached hydrogens (primary N) is 1. The third kappa shape index (κ3) is 2.63. The van der Waals surface area contributed by atoms with Gasteiger partial charge in [0, 0.05) is 12.6 Å². The summed E-state index contributed by atoms with van der Waals surface area (Å²) in [6.45, 7) is 3.18. The van der Waals surface area contributed by atoms with E-state index in [9.17, 15) is 0 Å². The normalized spacial score (nSPS) is 24.8. The average molecular weight is 195 g/mol. The van der Waals surface area contributed by atoms with Gasteiger partial charge >= 0.3 is 0 Å². The lowest BCUT2D eigenvalue weighted by Crippen LogP contribution is -2.33. The zero-order valence-electron chi connectivity index (χ0n) is 9.05. The number of hydrogen-bond donors (Lipinski definition) is 2. The molecule has 0 heterocycles. The Labute approximate surface area is 86.2 Å². The Balaban J connectivity index is 1.73. The molecule has 2 rings (SSSR count). The Morgan fingerprint density at radius 3 is 2.71 bits per heavy atom. The molecule has 0 atom stereocenters. The third-order valence-corrected chi connectivity index (χ3v) is 3.25. The first kappa shape index (κ1) is 9.81. The van der Waals surface area contributed by atoms with Crippen LogP contribution >= 0.6 is 0 Å². The molecule has 2 fully saturated rings. The maximum atomic E-state index is 5.78. The van der Waals surface area contributed by atoms with Crippen molar-refractivity contribution in [2.24, 2.45) is 16.1 Å². The first-order valence-electron chi connectivity index (χ1n) is 5.81. The molecule has 0 aromatic carbocycles. The number of guanidine groups is 1. The summed E-state index contributed by atoms with van der Waals surface area (Å²) in [5, 5.41) is 3.22. The van der Waals surface area contributed by atoms with Crippen molar-refractivity contribution in [1.82, 2.24) is 5.32 Å². The van der Waals surface area contributed by atoms with Crippen molar-refractivity contribution in [2.75, 3.05) is 6.54 Å². The van der Waals surface area contributed by atoms with Gasteiger partial charge in [0.05, 0.1) is 0 Å². The zero-order valence-corrected chi connectivity index (χ0v) is 9.05. The Hall–Kier alpha value is -0.730. The number of rotatable bonds is 5. The first-order chi connectivity index (χ1) is 6.74. The van der Waals surface area contributed by atoms with E-state index >= 15 is 0 Å². The largest absolute Gasteiger partial charge is 0.370 e. The number of aliphatic imine (C=N–C) groups is 1. The van der Waals surface area contributed by atoms with Crippen LogP contribution in [0.3, 0.4) is 0 Å². The second kappa shape index (κ2) is 3.79. The molecule has 2 saturated carbocycles. The molecule has 2 aliphatic carbocycles. The van der Waals surface area contributed by atoms with E-state index in [4.69, 9.17) is 5.73 Å². The molecule has 0 saturated heterocycles. The Morgan fingerprint density at radius 2 is 2.21 bits per heavy atom. The highest BCUT2D eigenvalue weighted by Gasteiger charge is 2.41. The molecule has 0 aromatic rings. The van der Waals surface area contributed by atoms with Gasteiger partial charge in [0.2, 0.25) is 0 Å². The van der Waals surface area contributed by atoms with Gasteiger partial charge in [-0.25, -0.2) is 0 Å². The molecule has 3 N–H and O–H groups in total. The summed E-state index contributed by atoms with van der Waals surface area (Å²) in [7, 11) is 0. The van der Waals surface area contributed by atoms with Crippen molar-refractivity contribution in [3.05, 3.63) is 0 Å². The fourth-order valence-electron chi connectivity index (χ4n) is 1.93. The van der Waals surface area contributed by atoms with E-state index in [-0.39, 0.29) is 0 Å². The smallest absolute Gasteiger partial charge is 0.188 e. The molecule has 0 aromatic heterocycles. The summed E-state index contributed by atoms with van der Waals surface area (Å²) in [6.07, 6.45) is 7.80. The van der Waals surface area contributed by atoms with Crippen molar-refractivity contribution in [1.29, 1.82) is 0 Å². The molecule has 14 heavy (non-hydrogen) atoms. The van der Waals surface area contributed by atoms with Crippen LogP contribution in [-0.4, -0.2) is 18.5 Å². The van der Waals surface area contributed by atoms with Crippen molar-refractivity contribution >= 4 is 5.96 Å². The number of nitrogens with zero attached hydrogens (tertiary/aromatic N) is 1. The van der Waals surface area contributed by atoms with Gasteiger partial charge in [-0.1, -0.05) is 13.3 Å². The second-order valence-corrected chi connectivity index (χ2v) is 4.87. The van der Waals surface area contributed by atoms with E-state index in [0.717, 1.165) is 6.54 Å². The van der Waals surface area contributed by atoms with Crippen LogP contribution in [0.15, 0.2) is 4.99 Å². The first-order valence-corrected chi connectivity index (χ1v) is 5.81. The summed E-state index contributed by atoms with van der Waals surface area (Å²) < 4.78 is 0. The predicted molar refractivity (Wildman–Crippen MR) is 59.2 cm³/mol. The van der Waals surface area contributed by atoms with Crippen molar-refractivity contribution < 1.29 is 0 Å². The Morgan fingerprint density at radius 1 is 1.50 bits per heavy atom. The molecule has 0 radical (unpaired) electrons. The van der Waals surface area contributed by atoms with Gasteiger partial charge in [-0.3, -0.25) is 4.99 Å². The monoisotopic (exact) mass is 195 g/mol. The van der Waals surface area contributed by atoms with Crippen molar-refractivity contribution in [3.63, 3.8) is 0 Å². The van der Waals surface area contributed by atoms with E-state index in [1.807, 2.05) is 0 Å². The Kier molecular flexibility index (Phi) is 2.66. The molecular formula is C11H21N3. The average Bonchev–Trinajstić information content (AvgIpc) is 3.00. The van der Waals surface area contributed by atoms with E-state index in [1.54, 1.807) is 0 Å². The van der Waals surface area contributed by atoms with E-state index in [0.29, 0.717) is 17.4 Å². The van der Waals surface area contributed by atoms with Crippen molar-refractivity contribution in [3.8, 4) is 0 Å². The molecule has 2 aliphatic rings. The molecule has 3 heteroatoms. The van der Waals surface area contributed by atoms with Crippen LogP contribution in [0.2, 0.25) is 0 Å². The molecule has 3 nitrogen and oxygen atoms in total. The van der Waals surface area contributed by atoms with E-state index < -0.39 is 0 Å². The number of hydrogen-bond acceptors (Lipinski definition) is 1. The molecule has 0 aliphatic heterocycles. The highest BCUT2D eigenvalue weighted by Crippen LogP contribution is 2.49. The Bertz CT molecular complexity index is 227. The standard InChI is InChI=1S/C11H21N3/c1-2-5-11(6-7-11)8-13-10(12)14-9-3-4-9/h9H,2-8H2,1H3,(H3,12,13,14). The minimum atomic E-state index is 0.532. The minimum Gasteiger partial charge on any atom is -0.370 e. The summed E-state index contributed by atoms with van der Waals surface area (Å²) in [5.74, 6) is 0.662. The maximum absolute atomic E-state index is 5.78. The molecule has 0 spiro atoms. The highest BCUT2D eigenvalue weighted by molar-refractivity contribution is 5.78. The summed E-state index contributed by atoms with van der Waals surface area (Å²) in [6, 6.07) is 0.625.